The Morgan fingerprint density at radius 1 is 1.32 bits per heavy atom. The summed E-state index contributed by atoms with van der Waals surface area (Å²) in [4.78, 5) is 12.6. The Bertz CT molecular complexity index is 723. The van der Waals surface area contributed by atoms with E-state index in [1.165, 1.54) is 18.3 Å². The van der Waals surface area contributed by atoms with Gasteiger partial charge in [0.05, 0.1) is 13.2 Å². The summed E-state index contributed by atoms with van der Waals surface area (Å²) < 4.78 is 5.02. The molecule has 3 nitrogen and oxygen atoms in total. The van der Waals surface area contributed by atoms with Crippen molar-refractivity contribution in [3.05, 3.63) is 58.7 Å². The highest BCUT2D eigenvalue weighted by Crippen LogP contribution is 2.58. The average Bonchev–Trinajstić information content (AvgIpc) is 2.95. The molecule has 0 radical (unpaired) electrons. The Morgan fingerprint density at radius 2 is 2.05 bits per heavy atom. The molecule has 0 saturated heterocycles. The van der Waals surface area contributed by atoms with Crippen molar-refractivity contribution in [2.75, 3.05) is 7.11 Å². The standard InChI is InChI=1S/C19H19NO2/c1-12(2)13-9-10-16-17(13)14-7-5-4-6-8-15(14)19(16,11-20)18(21)22-3/h5-10,16-17H,4H2,1-3H3/t16-,17-,19+/m1/s1. The third kappa shape index (κ3) is 1.70. The molecule has 112 valence electrons. The van der Waals surface area contributed by atoms with Gasteiger partial charge >= 0.3 is 5.97 Å². The van der Waals surface area contributed by atoms with Gasteiger partial charge in [0, 0.05) is 11.8 Å². The molecule has 0 amide bonds. The van der Waals surface area contributed by atoms with Crippen LogP contribution >= 0.6 is 0 Å². The van der Waals surface area contributed by atoms with Gasteiger partial charge < -0.3 is 4.74 Å². The van der Waals surface area contributed by atoms with E-state index in [0.717, 1.165) is 17.6 Å². The maximum absolute atomic E-state index is 12.6. The maximum Gasteiger partial charge on any atom is 0.331 e. The number of methoxy groups -OCH3 is 1. The highest BCUT2D eigenvalue weighted by Gasteiger charge is 2.60. The van der Waals surface area contributed by atoms with Gasteiger partial charge in [-0.25, -0.2) is 4.79 Å². The van der Waals surface area contributed by atoms with Crippen molar-refractivity contribution < 1.29 is 9.53 Å². The van der Waals surface area contributed by atoms with E-state index in [2.05, 4.69) is 38.1 Å². The first-order chi connectivity index (χ1) is 10.6. The number of hydrogen-bond acceptors (Lipinski definition) is 3. The lowest BCUT2D eigenvalue weighted by Crippen LogP contribution is -2.37. The van der Waals surface area contributed by atoms with Gasteiger partial charge in [0.25, 0.3) is 0 Å². The molecule has 3 aliphatic rings. The van der Waals surface area contributed by atoms with Crippen molar-refractivity contribution in [2.24, 2.45) is 17.3 Å². The molecule has 0 N–H and O–H groups in total. The number of carbonyl (C=O) groups excluding carboxylic acids is 1. The van der Waals surface area contributed by atoms with E-state index < -0.39 is 11.4 Å². The predicted octanol–water partition coefficient (Wildman–Crippen LogP) is 3.63. The highest BCUT2D eigenvalue weighted by molar-refractivity contribution is 5.89. The van der Waals surface area contributed by atoms with Crippen LogP contribution in [0.25, 0.3) is 0 Å². The van der Waals surface area contributed by atoms with Crippen molar-refractivity contribution >= 4 is 5.97 Å². The van der Waals surface area contributed by atoms with Crippen LogP contribution in [-0.4, -0.2) is 13.1 Å². The minimum atomic E-state index is -1.24. The van der Waals surface area contributed by atoms with Gasteiger partial charge in [-0.15, -0.1) is 0 Å². The van der Waals surface area contributed by atoms with Gasteiger partial charge in [0.2, 0.25) is 0 Å². The molecule has 0 aromatic heterocycles. The quantitative estimate of drug-likeness (QED) is 0.694. The monoisotopic (exact) mass is 293 g/mol. The number of esters is 1. The molecule has 22 heavy (non-hydrogen) atoms. The number of nitrogens with zero attached hydrogens (tertiary/aromatic N) is 1. The third-order valence-electron chi connectivity index (χ3n) is 4.86. The van der Waals surface area contributed by atoms with Gasteiger partial charge in [0.15, 0.2) is 5.41 Å². The van der Waals surface area contributed by atoms with Crippen LogP contribution in [0.4, 0.5) is 0 Å². The Balaban J connectivity index is 2.30. The van der Waals surface area contributed by atoms with Gasteiger partial charge in [0.1, 0.15) is 0 Å². The van der Waals surface area contributed by atoms with Crippen LogP contribution in [0, 0.1) is 28.6 Å². The van der Waals surface area contributed by atoms with Crippen molar-refractivity contribution in [1.29, 1.82) is 5.26 Å². The summed E-state index contributed by atoms with van der Waals surface area (Å²) in [7, 11) is 1.35. The predicted molar refractivity (Wildman–Crippen MR) is 84.5 cm³/mol. The number of nitriles is 1. The smallest absolute Gasteiger partial charge is 0.331 e. The molecule has 3 rings (SSSR count). The second-order valence-electron chi connectivity index (χ2n) is 6.14. The molecule has 3 aliphatic carbocycles. The zero-order valence-corrected chi connectivity index (χ0v) is 13.1. The van der Waals surface area contributed by atoms with Crippen LogP contribution in [-0.2, 0) is 9.53 Å². The lowest BCUT2D eigenvalue weighted by atomic mass is 9.73. The van der Waals surface area contributed by atoms with Gasteiger partial charge in [-0.05, 0) is 37.0 Å². The Hall–Kier alpha value is -2.34. The van der Waals surface area contributed by atoms with Gasteiger partial charge in [-0.1, -0.05) is 42.0 Å². The first kappa shape index (κ1) is 14.6. The van der Waals surface area contributed by atoms with E-state index in [4.69, 9.17) is 4.74 Å². The van der Waals surface area contributed by atoms with Crippen molar-refractivity contribution in [3.8, 4) is 6.07 Å². The average molecular weight is 293 g/mol. The second kappa shape index (κ2) is 5.14. The third-order valence-corrected chi connectivity index (χ3v) is 4.86. The van der Waals surface area contributed by atoms with E-state index in [9.17, 15) is 10.1 Å². The Morgan fingerprint density at radius 3 is 2.68 bits per heavy atom. The normalized spacial score (nSPS) is 31.6. The van der Waals surface area contributed by atoms with Crippen molar-refractivity contribution in [1.82, 2.24) is 0 Å². The van der Waals surface area contributed by atoms with Gasteiger partial charge in [-0.3, -0.25) is 0 Å². The largest absolute Gasteiger partial charge is 0.468 e. The molecule has 0 aromatic rings. The molecule has 0 unspecified atom stereocenters. The zero-order chi connectivity index (χ0) is 15.9. The Labute approximate surface area is 131 Å². The summed E-state index contributed by atoms with van der Waals surface area (Å²) in [6.07, 6.45) is 13.0. The first-order valence-electron chi connectivity index (χ1n) is 7.51. The van der Waals surface area contributed by atoms with Crippen LogP contribution in [0.15, 0.2) is 58.7 Å². The summed E-state index contributed by atoms with van der Waals surface area (Å²) in [6, 6.07) is 2.29. The van der Waals surface area contributed by atoms with E-state index in [0.29, 0.717) is 0 Å². The molecule has 0 fully saturated rings. The van der Waals surface area contributed by atoms with Crippen LogP contribution < -0.4 is 0 Å². The Kier molecular flexibility index (Phi) is 3.41. The topological polar surface area (TPSA) is 50.1 Å². The molecular formula is C19H19NO2. The number of carbonyl (C=O) groups is 1. The van der Waals surface area contributed by atoms with Crippen LogP contribution in [0.3, 0.4) is 0 Å². The first-order valence-corrected chi connectivity index (χ1v) is 7.51. The fourth-order valence-electron chi connectivity index (χ4n) is 3.89. The SMILES string of the molecule is COC(=O)[C@@]1(C#N)C2=C(C=CCC=C2)[C@H]2C(=C(C)C)C=C[C@H]21. The van der Waals surface area contributed by atoms with E-state index in [-0.39, 0.29) is 11.8 Å². The summed E-state index contributed by atoms with van der Waals surface area (Å²) in [5.74, 6) is -0.584. The van der Waals surface area contributed by atoms with E-state index in [1.54, 1.807) is 0 Å². The van der Waals surface area contributed by atoms with Crippen LogP contribution in [0.2, 0.25) is 0 Å². The molecule has 0 aliphatic heterocycles. The van der Waals surface area contributed by atoms with E-state index in [1.807, 2.05) is 18.2 Å². The van der Waals surface area contributed by atoms with Crippen molar-refractivity contribution in [2.45, 2.75) is 20.3 Å². The minimum absolute atomic E-state index is 0.0674. The molecule has 0 bridgehead atoms. The molecule has 3 atom stereocenters. The van der Waals surface area contributed by atoms with Gasteiger partial charge in [-0.2, -0.15) is 5.26 Å². The number of fused-ring (bicyclic) bond motifs is 2. The molecule has 0 saturated carbocycles. The molecule has 0 spiro atoms. The summed E-state index contributed by atoms with van der Waals surface area (Å²) in [6.45, 7) is 4.14. The minimum Gasteiger partial charge on any atom is -0.468 e. The zero-order valence-electron chi connectivity index (χ0n) is 13.1. The molecule has 3 heteroatoms. The fourth-order valence-corrected chi connectivity index (χ4v) is 3.89. The number of hydrogen-bond donors (Lipinski definition) is 0. The lowest BCUT2D eigenvalue weighted by Gasteiger charge is -2.27. The molecule has 0 heterocycles. The highest BCUT2D eigenvalue weighted by atomic mass is 16.5. The molecule has 0 aromatic carbocycles. The second-order valence-corrected chi connectivity index (χ2v) is 6.14. The number of ether oxygens (including phenoxy) is 1. The van der Waals surface area contributed by atoms with Crippen LogP contribution in [0.1, 0.15) is 20.3 Å². The summed E-state index contributed by atoms with van der Waals surface area (Å²) in [5, 5.41) is 9.93. The molecular weight excluding hydrogens is 274 g/mol. The van der Waals surface area contributed by atoms with Crippen molar-refractivity contribution in [3.63, 3.8) is 0 Å². The fraction of sp³-hybridized carbons (Fsp3) is 0.368. The summed E-state index contributed by atoms with van der Waals surface area (Å²) in [5.41, 5.74) is 3.06. The number of allylic oxidation sites excluding steroid dienone is 9. The lowest BCUT2D eigenvalue weighted by molar-refractivity contribution is -0.148. The summed E-state index contributed by atoms with van der Waals surface area (Å²) >= 11 is 0. The van der Waals surface area contributed by atoms with Crippen LogP contribution in [0.5, 0.6) is 0 Å². The maximum atomic E-state index is 12.6. The number of rotatable bonds is 1. The van der Waals surface area contributed by atoms with E-state index >= 15 is 0 Å².